The summed E-state index contributed by atoms with van der Waals surface area (Å²) in [5.41, 5.74) is 8.30. The highest BCUT2D eigenvalue weighted by atomic mass is 16.5. The number of nitrogens with zero attached hydrogens (tertiary/aromatic N) is 1. The maximum Gasteiger partial charge on any atom is 0.255 e. The number of rotatable bonds is 4. The molecule has 2 aromatic carbocycles. The minimum atomic E-state index is -0.233. The van der Waals surface area contributed by atoms with E-state index in [9.17, 15) is 9.59 Å². The van der Waals surface area contributed by atoms with Gasteiger partial charge in [0.2, 0.25) is 5.91 Å². The van der Waals surface area contributed by atoms with Gasteiger partial charge in [0.1, 0.15) is 0 Å². The van der Waals surface area contributed by atoms with Crippen LogP contribution in [-0.2, 0) is 9.53 Å². The van der Waals surface area contributed by atoms with E-state index < -0.39 is 0 Å². The number of ether oxygens (including phenoxy) is 1. The third-order valence-corrected chi connectivity index (χ3v) is 4.12. The molecule has 1 aliphatic rings. The fourth-order valence-corrected chi connectivity index (χ4v) is 2.61. The summed E-state index contributed by atoms with van der Waals surface area (Å²) in [6, 6.07) is 14.1. The summed E-state index contributed by atoms with van der Waals surface area (Å²) in [6.45, 7) is 2.39. The fraction of sp³-hybridized carbons (Fsp3) is 0.200. The number of anilines is 2. The highest BCUT2D eigenvalue weighted by molar-refractivity contribution is 6.05. The van der Waals surface area contributed by atoms with Crippen LogP contribution in [0.4, 0.5) is 11.4 Å². The third kappa shape index (κ3) is 4.49. The predicted molar refractivity (Wildman–Crippen MR) is 102 cm³/mol. The van der Waals surface area contributed by atoms with Gasteiger partial charge in [0.15, 0.2) is 0 Å². The van der Waals surface area contributed by atoms with Crippen molar-refractivity contribution >= 4 is 29.3 Å². The van der Waals surface area contributed by atoms with Crippen molar-refractivity contribution in [1.82, 2.24) is 4.90 Å². The maximum atomic E-state index is 12.3. The Bertz CT molecular complexity index is 809. The van der Waals surface area contributed by atoms with Gasteiger partial charge in [-0.25, -0.2) is 0 Å². The lowest BCUT2D eigenvalue weighted by Crippen LogP contribution is -2.39. The van der Waals surface area contributed by atoms with Crippen LogP contribution in [0.15, 0.2) is 54.6 Å². The van der Waals surface area contributed by atoms with Crippen molar-refractivity contribution in [3.8, 4) is 0 Å². The van der Waals surface area contributed by atoms with Crippen LogP contribution < -0.4 is 11.1 Å². The van der Waals surface area contributed by atoms with E-state index in [2.05, 4.69) is 5.32 Å². The van der Waals surface area contributed by atoms with Crippen molar-refractivity contribution in [2.75, 3.05) is 37.4 Å². The molecule has 2 aromatic rings. The van der Waals surface area contributed by atoms with Crippen LogP contribution in [0.25, 0.3) is 6.08 Å². The number of hydrogen-bond donors (Lipinski definition) is 2. The van der Waals surface area contributed by atoms with Crippen molar-refractivity contribution in [1.29, 1.82) is 0 Å². The Morgan fingerprint density at radius 1 is 1.04 bits per heavy atom. The number of carbonyl (C=O) groups excluding carboxylic acids is 2. The van der Waals surface area contributed by atoms with Gasteiger partial charge in [0.25, 0.3) is 5.91 Å². The first kappa shape index (κ1) is 17.7. The zero-order valence-electron chi connectivity index (χ0n) is 14.4. The number of morpholine rings is 1. The number of benzene rings is 2. The number of nitrogen functional groups attached to an aromatic ring is 1. The summed E-state index contributed by atoms with van der Waals surface area (Å²) in [6.07, 6.45) is 3.29. The lowest BCUT2D eigenvalue weighted by atomic mass is 10.1. The van der Waals surface area contributed by atoms with Gasteiger partial charge in [0, 0.05) is 24.7 Å². The molecule has 0 saturated carbocycles. The van der Waals surface area contributed by atoms with Gasteiger partial charge in [-0.05, 0) is 35.9 Å². The summed E-state index contributed by atoms with van der Waals surface area (Å²) >= 11 is 0. The second-order valence-corrected chi connectivity index (χ2v) is 5.93. The summed E-state index contributed by atoms with van der Waals surface area (Å²) in [7, 11) is 0. The van der Waals surface area contributed by atoms with Crippen LogP contribution in [0.1, 0.15) is 15.9 Å². The number of hydrogen-bond acceptors (Lipinski definition) is 4. The SMILES string of the molecule is Nc1ccccc1NC(=O)c1ccc(/C=C/C(=O)N2CCOCC2)cc1. The first-order chi connectivity index (χ1) is 12.6. The maximum absolute atomic E-state index is 12.3. The predicted octanol–water partition coefficient (Wildman–Crippen LogP) is 2.39. The van der Waals surface area contributed by atoms with E-state index in [4.69, 9.17) is 10.5 Å². The molecule has 0 atom stereocenters. The van der Waals surface area contributed by atoms with Crippen molar-refractivity contribution in [2.45, 2.75) is 0 Å². The summed E-state index contributed by atoms with van der Waals surface area (Å²) in [5.74, 6) is -0.266. The van der Waals surface area contributed by atoms with E-state index in [1.54, 1.807) is 53.5 Å². The summed E-state index contributed by atoms with van der Waals surface area (Å²) in [4.78, 5) is 26.1. The molecule has 0 aromatic heterocycles. The molecule has 6 heteroatoms. The van der Waals surface area contributed by atoms with Crippen molar-refractivity contribution < 1.29 is 14.3 Å². The van der Waals surface area contributed by atoms with E-state index in [0.29, 0.717) is 43.2 Å². The van der Waals surface area contributed by atoms with Crippen molar-refractivity contribution in [2.24, 2.45) is 0 Å². The smallest absolute Gasteiger partial charge is 0.255 e. The molecule has 1 saturated heterocycles. The number of para-hydroxylation sites is 2. The Morgan fingerprint density at radius 3 is 2.42 bits per heavy atom. The first-order valence-electron chi connectivity index (χ1n) is 8.44. The summed E-state index contributed by atoms with van der Waals surface area (Å²) in [5, 5.41) is 2.78. The number of carbonyl (C=O) groups is 2. The Kier molecular flexibility index (Phi) is 5.66. The largest absolute Gasteiger partial charge is 0.397 e. The van der Waals surface area contributed by atoms with Crippen LogP contribution in [0.5, 0.6) is 0 Å². The van der Waals surface area contributed by atoms with Gasteiger partial charge in [-0.2, -0.15) is 0 Å². The standard InChI is InChI=1S/C20H21N3O3/c21-17-3-1-2-4-18(17)22-20(25)16-8-5-15(6-9-16)7-10-19(24)23-11-13-26-14-12-23/h1-10H,11-14,21H2,(H,22,25)/b10-7+. The molecular weight excluding hydrogens is 330 g/mol. The highest BCUT2D eigenvalue weighted by Gasteiger charge is 2.14. The molecule has 0 unspecified atom stereocenters. The molecule has 1 heterocycles. The number of amides is 2. The van der Waals surface area contributed by atoms with Gasteiger partial charge < -0.3 is 20.7 Å². The topological polar surface area (TPSA) is 84.7 Å². The monoisotopic (exact) mass is 351 g/mol. The average Bonchev–Trinajstić information content (AvgIpc) is 2.69. The quantitative estimate of drug-likeness (QED) is 0.654. The Balaban J connectivity index is 1.61. The average molecular weight is 351 g/mol. The highest BCUT2D eigenvalue weighted by Crippen LogP contribution is 2.18. The molecule has 3 N–H and O–H groups in total. The fourth-order valence-electron chi connectivity index (χ4n) is 2.61. The van der Waals surface area contributed by atoms with Gasteiger partial charge in [0.05, 0.1) is 24.6 Å². The molecule has 0 spiro atoms. The van der Waals surface area contributed by atoms with E-state index in [1.165, 1.54) is 0 Å². The van der Waals surface area contributed by atoms with Gasteiger partial charge in [-0.1, -0.05) is 24.3 Å². The Hall–Kier alpha value is -3.12. The first-order valence-corrected chi connectivity index (χ1v) is 8.44. The molecule has 0 bridgehead atoms. The lowest BCUT2D eigenvalue weighted by Gasteiger charge is -2.25. The van der Waals surface area contributed by atoms with Gasteiger partial charge in [-0.15, -0.1) is 0 Å². The van der Waals surface area contributed by atoms with Crippen LogP contribution in [0.2, 0.25) is 0 Å². The Morgan fingerprint density at radius 2 is 1.73 bits per heavy atom. The molecule has 2 amide bonds. The van der Waals surface area contributed by atoms with Crippen LogP contribution in [-0.4, -0.2) is 43.0 Å². The van der Waals surface area contributed by atoms with E-state index in [-0.39, 0.29) is 11.8 Å². The van der Waals surface area contributed by atoms with Crippen LogP contribution >= 0.6 is 0 Å². The molecule has 0 radical (unpaired) electrons. The minimum absolute atomic E-state index is 0.0327. The molecule has 1 aliphatic heterocycles. The van der Waals surface area contributed by atoms with E-state index in [0.717, 1.165) is 5.56 Å². The second kappa shape index (κ2) is 8.31. The Labute approximate surface area is 152 Å². The molecule has 134 valence electrons. The lowest BCUT2D eigenvalue weighted by molar-refractivity contribution is -0.129. The van der Waals surface area contributed by atoms with Crippen molar-refractivity contribution in [3.05, 3.63) is 65.7 Å². The van der Waals surface area contributed by atoms with Crippen LogP contribution in [0.3, 0.4) is 0 Å². The molecule has 3 rings (SSSR count). The number of nitrogens with one attached hydrogen (secondary N) is 1. The zero-order valence-corrected chi connectivity index (χ0v) is 14.4. The molecular formula is C20H21N3O3. The van der Waals surface area contributed by atoms with Crippen molar-refractivity contribution in [3.63, 3.8) is 0 Å². The van der Waals surface area contributed by atoms with E-state index >= 15 is 0 Å². The zero-order chi connectivity index (χ0) is 18.4. The molecule has 6 nitrogen and oxygen atoms in total. The molecule has 26 heavy (non-hydrogen) atoms. The summed E-state index contributed by atoms with van der Waals surface area (Å²) < 4.78 is 5.23. The van der Waals surface area contributed by atoms with E-state index in [1.807, 2.05) is 12.1 Å². The molecule has 0 aliphatic carbocycles. The van der Waals surface area contributed by atoms with Crippen LogP contribution in [0, 0.1) is 0 Å². The van der Waals surface area contributed by atoms with Gasteiger partial charge >= 0.3 is 0 Å². The minimum Gasteiger partial charge on any atom is -0.397 e. The normalized spacial score (nSPS) is 14.4. The van der Waals surface area contributed by atoms with Gasteiger partial charge in [-0.3, -0.25) is 9.59 Å². The number of nitrogens with two attached hydrogens (primary N) is 1. The second-order valence-electron chi connectivity index (χ2n) is 5.93. The third-order valence-electron chi connectivity index (χ3n) is 4.12. The molecule has 1 fully saturated rings.